The summed E-state index contributed by atoms with van der Waals surface area (Å²) in [5.41, 5.74) is 1.50. The number of aromatic nitrogens is 2. The fourth-order valence-electron chi connectivity index (χ4n) is 3.64. The predicted molar refractivity (Wildman–Crippen MR) is 86.5 cm³/mol. The van der Waals surface area contributed by atoms with Gasteiger partial charge in [0.25, 0.3) is 0 Å². The number of fused-ring (bicyclic) bond motifs is 3. The summed E-state index contributed by atoms with van der Waals surface area (Å²) in [6.07, 6.45) is 3.92. The molecule has 2 atom stereocenters. The molecule has 1 aliphatic carbocycles. The van der Waals surface area contributed by atoms with Gasteiger partial charge in [0.2, 0.25) is 0 Å². The lowest BCUT2D eigenvalue weighted by molar-refractivity contribution is -0.138. The zero-order valence-electron chi connectivity index (χ0n) is 12.6. The van der Waals surface area contributed by atoms with E-state index in [-0.39, 0.29) is 6.42 Å². The molecule has 2 unspecified atom stereocenters. The molecule has 1 aromatic carbocycles. The molecule has 0 bridgehead atoms. The lowest BCUT2D eigenvalue weighted by Gasteiger charge is -2.33. The first-order valence-electron chi connectivity index (χ1n) is 7.88. The van der Waals surface area contributed by atoms with Crippen molar-refractivity contribution in [1.29, 1.82) is 0 Å². The fourth-order valence-corrected chi connectivity index (χ4v) is 5.04. The van der Waals surface area contributed by atoms with Gasteiger partial charge in [-0.25, -0.2) is 4.98 Å². The molecular weight excluding hydrogens is 312 g/mol. The van der Waals surface area contributed by atoms with Crippen molar-refractivity contribution in [2.24, 2.45) is 0 Å². The quantitative estimate of drug-likeness (QED) is 0.904. The highest BCUT2D eigenvalue weighted by atomic mass is 32.2. The van der Waals surface area contributed by atoms with Crippen LogP contribution in [-0.2, 0) is 23.4 Å². The summed E-state index contributed by atoms with van der Waals surface area (Å²) in [6.45, 7) is 0. The molecule has 0 amide bonds. The number of benzene rings is 1. The van der Waals surface area contributed by atoms with Crippen LogP contribution < -0.4 is 0 Å². The summed E-state index contributed by atoms with van der Waals surface area (Å²) in [5, 5.41) is 21.1. The fraction of sp³-hybridized carbons (Fsp3) is 0.412. The van der Waals surface area contributed by atoms with Gasteiger partial charge in [0.15, 0.2) is 10.9 Å². The van der Waals surface area contributed by atoms with E-state index in [2.05, 4.69) is 4.98 Å². The van der Waals surface area contributed by atoms with Crippen LogP contribution in [0.5, 0.6) is 0 Å². The molecule has 2 N–H and O–H groups in total. The molecule has 2 aliphatic rings. The van der Waals surface area contributed by atoms with Crippen molar-refractivity contribution >= 4 is 17.7 Å². The van der Waals surface area contributed by atoms with E-state index in [1.807, 2.05) is 34.9 Å². The topological polar surface area (TPSA) is 75.3 Å². The maximum atomic E-state index is 11.6. The summed E-state index contributed by atoms with van der Waals surface area (Å²) in [4.78, 5) is 16.0. The zero-order chi connectivity index (χ0) is 16.0. The normalized spacial score (nSPS) is 25.9. The third-order valence-electron chi connectivity index (χ3n) is 4.70. The molecule has 5 nitrogen and oxygen atoms in total. The van der Waals surface area contributed by atoms with Crippen molar-refractivity contribution < 1.29 is 15.0 Å². The molecule has 0 fully saturated rings. The van der Waals surface area contributed by atoms with Crippen molar-refractivity contribution in [2.45, 2.75) is 48.2 Å². The lowest BCUT2D eigenvalue weighted by Crippen LogP contribution is -2.42. The Kier molecular flexibility index (Phi) is 3.46. The smallest absolute Gasteiger partial charge is 0.304 e. The van der Waals surface area contributed by atoms with Gasteiger partial charge in [-0.3, -0.25) is 9.36 Å². The van der Waals surface area contributed by atoms with Gasteiger partial charge in [-0.15, -0.1) is 0 Å². The Morgan fingerprint density at radius 2 is 2.04 bits per heavy atom. The number of carboxylic acid groups (broad SMARTS) is 1. The Morgan fingerprint density at radius 3 is 2.78 bits per heavy atom. The second-order valence-electron chi connectivity index (χ2n) is 6.13. The number of hydrogen-bond donors (Lipinski definition) is 2. The van der Waals surface area contributed by atoms with Crippen molar-refractivity contribution in [2.75, 3.05) is 0 Å². The van der Waals surface area contributed by atoms with Crippen LogP contribution >= 0.6 is 11.8 Å². The number of aryl methyl sites for hydroxylation is 1. The van der Waals surface area contributed by atoms with E-state index in [1.54, 1.807) is 0 Å². The number of imidazole rings is 1. The van der Waals surface area contributed by atoms with Crippen molar-refractivity contribution in [3.8, 4) is 0 Å². The Bertz CT molecular complexity index is 759. The Labute approximate surface area is 138 Å². The Hall–Kier alpha value is -1.79. The maximum absolute atomic E-state index is 11.6. The first kappa shape index (κ1) is 14.8. The van der Waals surface area contributed by atoms with Crippen molar-refractivity contribution in [1.82, 2.24) is 9.55 Å². The van der Waals surface area contributed by atoms with Gasteiger partial charge < -0.3 is 10.2 Å². The van der Waals surface area contributed by atoms with E-state index in [9.17, 15) is 15.0 Å². The monoisotopic (exact) mass is 330 g/mol. The Morgan fingerprint density at radius 1 is 1.30 bits per heavy atom. The highest BCUT2D eigenvalue weighted by molar-refractivity contribution is 8.00. The molecule has 2 heterocycles. The third kappa shape index (κ3) is 2.20. The number of rotatable bonds is 3. The summed E-state index contributed by atoms with van der Waals surface area (Å²) in [7, 11) is 0. The van der Waals surface area contributed by atoms with Crippen molar-refractivity contribution in [3.63, 3.8) is 0 Å². The van der Waals surface area contributed by atoms with E-state index < -0.39 is 16.9 Å². The number of hydrogen-bond acceptors (Lipinski definition) is 4. The van der Waals surface area contributed by atoms with Crippen LogP contribution in [0.3, 0.4) is 0 Å². The number of aliphatic carboxylic acids is 1. The Balaban J connectivity index is 1.89. The van der Waals surface area contributed by atoms with E-state index in [0.29, 0.717) is 0 Å². The highest BCUT2D eigenvalue weighted by Crippen LogP contribution is 2.49. The van der Waals surface area contributed by atoms with Crippen LogP contribution in [0.2, 0.25) is 0 Å². The summed E-state index contributed by atoms with van der Waals surface area (Å²) < 4.78 is 1.90. The van der Waals surface area contributed by atoms with Gasteiger partial charge in [-0.1, -0.05) is 42.1 Å². The standard InChI is InChI=1S/C17H18N2O3S/c20-15(21)10-14-17(22,11-6-2-1-3-7-11)19-13-9-5-4-8-12(13)18-16(19)23-14/h1-3,6-7,14,22H,4-5,8-10H2,(H,20,21). The second-order valence-corrected chi connectivity index (χ2v) is 7.30. The molecule has 2 aromatic rings. The molecule has 4 rings (SSSR count). The first-order valence-corrected chi connectivity index (χ1v) is 8.76. The molecule has 23 heavy (non-hydrogen) atoms. The molecule has 1 aliphatic heterocycles. The molecule has 0 saturated carbocycles. The number of carboxylic acids is 1. The second kappa shape index (κ2) is 5.39. The first-order chi connectivity index (χ1) is 11.1. The van der Waals surface area contributed by atoms with E-state index in [1.165, 1.54) is 11.8 Å². The van der Waals surface area contributed by atoms with Crippen LogP contribution in [0.1, 0.15) is 36.2 Å². The van der Waals surface area contributed by atoms with Crippen LogP contribution in [0.25, 0.3) is 0 Å². The largest absolute Gasteiger partial charge is 0.481 e. The maximum Gasteiger partial charge on any atom is 0.304 e. The molecule has 1 aromatic heterocycles. The van der Waals surface area contributed by atoms with Crippen LogP contribution in [-0.4, -0.2) is 31.0 Å². The van der Waals surface area contributed by atoms with Gasteiger partial charge in [0, 0.05) is 11.3 Å². The molecule has 0 spiro atoms. The number of thioether (sulfide) groups is 1. The molecule has 6 heteroatoms. The van der Waals surface area contributed by atoms with E-state index in [0.717, 1.165) is 47.8 Å². The lowest BCUT2D eigenvalue weighted by atomic mass is 9.94. The zero-order valence-corrected chi connectivity index (χ0v) is 13.4. The highest BCUT2D eigenvalue weighted by Gasteiger charge is 2.51. The number of aliphatic hydroxyl groups is 1. The minimum Gasteiger partial charge on any atom is -0.481 e. The van der Waals surface area contributed by atoms with Gasteiger partial charge >= 0.3 is 5.97 Å². The molecular formula is C17H18N2O3S. The van der Waals surface area contributed by atoms with Gasteiger partial charge in [-0.2, -0.15) is 0 Å². The summed E-state index contributed by atoms with van der Waals surface area (Å²) in [5.74, 6) is -0.906. The van der Waals surface area contributed by atoms with Crippen molar-refractivity contribution in [3.05, 3.63) is 47.3 Å². The summed E-state index contributed by atoms with van der Waals surface area (Å²) >= 11 is 1.38. The average molecular weight is 330 g/mol. The molecule has 0 saturated heterocycles. The van der Waals surface area contributed by atoms with Gasteiger partial charge in [-0.05, 0) is 25.7 Å². The SMILES string of the molecule is O=C(O)CC1Sc2nc3c(n2C1(O)c1ccccc1)CCCC3. The predicted octanol–water partition coefficient (Wildman–Crippen LogP) is 2.40. The molecule has 0 radical (unpaired) electrons. The van der Waals surface area contributed by atoms with Crippen LogP contribution in [0.4, 0.5) is 0 Å². The van der Waals surface area contributed by atoms with E-state index >= 15 is 0 Å². The van der Waals surface area contributed by atoms with Crippen LogP contribution in [0, 0.1) is 0 Å². The average Bonchev–Trinajstić information content (AvgIpc) is 3.04. The number of nitrogens with zero attached hydrogens (tertiary/aromatic N) is 2. The van der Waals surface area contributed by atoms with E-state index in [4.69, 9.17) is 0 Å². The summed E-state index contributed by atoms with van der Waals surface area (Å²) in [6, 6.07) is 9.36. The van der Waals surface area contributed by atoms with Gasteiger partial charge in [0.1, 0.15) is 0 Å². The van der Waals surface area contributed by atoms with Crippen LogP contribution in [0.15, 0.2) is 35.5 Å². The minimum atomic E-state index is -1.35. The third-order valence-corrected chi connectivity index (χ3v) is 5.96. The molecule has 120 valence electrons. The van der Waals surface area contributed by atoms with Gasteiger partial charge in [0.05, 0.1) is 17.4 Å². The minimum absolute atomic E-state index is 0.103. The number of carbonyl (C=O) groups is 1.